The Hall–Kier alpha value is -1.51. The Morgan fingerprint density at radius 1 is 1.05 bits per heavy atom. The zero-order valence-electron chi connectivity index (χ0n) is 12.7. The average Bonchev–Trinajstić information content (AvgIpc) is 2.48. The summed E-state index contributed by atoms with van der Waals surface area (Å²) in [5.74, 6) is -0.549. The summed E-state index contributed by atoms with van der Waals surface area (Å²) in [6.07, 6.45) is 8.49. The maximum atomic E-state index is 12.1. The standard InChI is InChI=1S/C18H24O3/c1-12-11-15(19)16(14-8-4-3-7-13(12)14)18(17(20)21)9-5-2-6-10-18/h11,19H,2-10H2,1H3,(H,20,21). The van der Waals surface area contributed by atoms with Crippen LogP contribution in [0.15, 0.2) is 6.07 Å². The summed E-state index contributed by atoms with van der Waals surface area (Å²) in [4.78, 5) is 12.1. The lowest BCUT2D eigenvalue weighted by molar-refractivity contribution is -0.145. The Morgan fingerprint density at radius 3 is 2.29 bits per heavy atom. The molecule has 21 heavy (non-hydrogen) atoms. The first-order valence-corrected chi connectivity index (χ1v) is 8.14. The highest BCUT2D eigenvalue weighted by Crippen LogP contribution is 2.47. The van der Waals surface area contributed by atoms with E-state index in [0.717, 1.165) is 61.6 Å². The average molecular weight is 288 g/mol. The fraction of sp³-hybridized carbons (Fsp3) is 0.611. The number of aryl methyl sites for hydroxylation is 1. The molecule has 2 N–H and O–H groups in total. The van der Waals surface area contributed by atoms with Crippen molar-refractivity contribution in [2.75, 3.05) is 0 Å². The molecule has 0 aromatic heterocycles. The zero-order valence-corrected chi connectivity index (χ0v) is 12.7. The van der Waals surface area contributed by atoms with Gasteiger partial charge < -0.3 is 10.2 Å². The number of hydrogen-bond donors (Lipinski definition) is 2. The normalized spacial score (nSPS) is 20.8. The van der Waals surface area contributed by atoms with Crippen LogP contribution in [-0.2, 0) is 23.1 Å². The number of aromatic hydroxyl groups is 1. The van der Waals surface area contributed by atoms with Gasteiger partial charge in [-0.25, -0.2) is 0 Å². The van der Waals surface area contributed by atoms with Crippen LogP contribution in [0.4, 0.5) is 0 Å². The second-order valence-electron chi connectivity index (χ2n) is 6.70. The number of hydrogen-bond acceptors (Lipinski definition) is 2. The van der Waals surface area contributed by atoms with Crippen molar-refractivity contribution >= 4 is 5.97 Å². The van der Waals surface area contributed by atoms with E-state index in [4.69, 9.17) is 0 Å². The van der Waals surface area contributed by atoms with Crippen molar-refractivity contribution in [3.05, 3.63) is 28.3 Å². The van der Waals surface area contributed by atoms with Crippen molar-refractivity contribution in [2.45, 2.75) is 70.1 Å². The first-order chi connectivity index (χ1) is 10.1. The van der Waals surface area contributed by atoms with E-state index in [1.54, 1.807) is 6.07 Å². The van der Waals surface area contributed by atoms with E-state index in [2.05, 4.69) is 0 Å². The van der Waals surface area contributed by atoms with E-state index >= 15 is 0 Å². The monoisotopic (exact) mass is 288 g/mol. The topological polar surface area (TPSA) is 57.5 Å². The van der Waals surface area contributed by atoms with E-state index in [1.165, 1.54) is 5.56 Å². The Kier molecular flexibility index (Phi) is 3.68. The third-order valence-corrected chi connectivity index (χ3v) is 5.45. The largest absolute Gasteiger partial charge is 0.508 e. The summed E-state index contributed by atoms with van der Waals surface area (Å²) < 4.78 is 0. The molecule has 1 fully saturated rings. The number of carboxylic acids is 1. The highest BCUT2D eigenvalue weighted by molar-refractivity contribution is 5.84. The van der Waals surface area contributed by atoms with Crippen LogP contribution in [0.2, 0.25) is 0 Å². The lowest BCUT2D eigenvalue weighted by Crippen LogP contribution is -2.39. The fourth-order valence-corrected chi connectivity index (χ4v) is 4.40. The van der Waals surface area contributed by atoms with E-state index < -0.39 is 11.4 Å². The van der Waals surface area contributed by atoms with E-state index in [0.29, 0.717) is 12.8 Å². The molecule has 114 valence electrons. The number of benzene rings is 1. The molecule has 3 nitrogen and oxygen atoms in total. The first kappa shape index (κ1) is 14.4. The van der Waals surface area contributed by atoms with Crippen molar-refractivity contribution in [2.24, 2.45) is 0 Å². The molecule has 0 aliphatic heterocycles. The number of phenolic OH excluding ortho intramolecular Hbond substituents is 1. The molecule has 3 heteroatoms. The molecule has 3 rings (SSSR count). The second-order valence-corrected chi connectivity index (χ2v) is 6.70. The highest BCUT2D eigenvalue weighted by Gasteiger charge is 2.45. The minimum absolute atomic E-state index is 0.206. The third-order valence-electron chi connectivity index (χ3n) is 5.45. The molecule has 0 saturated heterocycles. The molecule has 1 saturated carbocycles. The highest BCUT2D eigenvalue weighted by atomic mass is 16.4. The number of phenols is 1. The van der Waals surface area contributed by atoms with Crippen molar-refractivity contribution in [3.8, 4) is 5.75 Å². The minimum atomic E-state index is -0.864. The lowest BCUT2D eigenvalue weighted by Gasteiger charge is -2.37. The molecule has 0 amide bonds. The van der Waals surface area contributed by atoms with Crippen LogP contribution >= 0.6 is 0 Å². The van der Waals surface area contributed by atoms with Crippen LogP contribution in [0.3, 0.4) is 0 Å². The molecule has 0 unspecified atom stereocenters. The van der Waals surface area contributed by atoms with Gasteiger partial charge in [0.15, 0.2) is 0 Å². The maximum Gasteiger partial charge on any atom is 0.314 e. The summed E-state index contributed by atoms with van der Waals surface area (Å²) in [7, 11) is 0. The van der Waals surface area contributed by atoms with Crippen molar-refractivity contribution in [1.29, 1.82) is 0 Å². The smallest absolute Gasteiger partial charge is 0.314 e. The summed E-state index contributed by atoms with van der Waals surface area (Å²) >= 11 is 0. The SMILES string of the molecule is Cc1cc(O)c(C2(C(=O)O)CCCCC2)c2c1CCCC2. The van der Waals surface area contributed by atoms with Crippen LogP contribution in [0, 0.1) is 6.92 Å². The van der Waals surface area contributed by atoms with Gasteiger partial charge in [0.05, 0.1) is 5.41 Å². The Bertz CT molecular complexity index is 568. The Balaban J connectivity index is 2.22. The number of carbonyl (C=O) groups is 1. The van der Waals surface area contributed by atoms with Crippen molar-refractivity contribution in [1.82, 2.24) is 0 Å². The molecule has 1 aromatic rings. The van der Waals surface area contributed by atoms with Gasteiger partial charge in [-0.3, -0.25) is 4.79 Å². The maximum absolute atomic E-state index is 12.1. The Labute approximate surface area is 126 Å². The predicted molar refractivity (Wildman–Crippen MR) is 81.9 cm³/mol. The van der Waals surface area contributed by atoms with Gasteiger partial charge in [-0.15, -0.1) is 0 Å². The number of carboxylic acid groups (broad SMARTS) is 1. The van der Waals surface area contributed by atoms with Crippen molar-refractivity contribution in [3.63, 3.8) is 0 Å². The van der Waals surface area contributed by atoms with Crippen LogP contribution in [0.25, 0.3) is 0 Å². The molecular formula is C18H24O3. The first-order valence-electron chi connectivity index (χ1n) is 8.14. The van der Waals surface area contributed by atoms with Gasteiger partial charge in [0.1, 0.15) is 5.75 Å². The summed E-state index contributed by atoms with van der Waals surface area (Å²) in [5.41, 5.74) is 3.43. The lowest BCUT2D eigenvalue weighted by atomic mass is 9.65. The molecule has 2 aliphatic rings. The van der Waals surface area contributed by atoms with E-state index in [-0.39, 0.29) is 5.75 Å². The van der Waals surface area contributed by atoms with E-state index in [1.807, 2.05) is 6.92 Å². The van der Waals surface area contributed by atoms with Gasteiger partial charge in [-0.2, -0.15) is 0 Å². The quantitative estimate of drug-likeness (QED) is 0.868. The summed E-state index contributed by atoms with van der Waals surface area (Å²) in [5, 5.41) is 20.5. The Morgan fingerprint density at radius 2 is 1.67 bits per heavy atom. The number of aliphatic carboxylic acids is 1. The predicted octanol–water partition coefficient (Wildman–Crippen LogP) is 3.87. The summed E-state index contributed by atoms with van der Waals surface area (Å²) in [6.45, 7) is 2.03. The molecule has 2 aliphatic carbocycles. The zero-order chi connectivity index (χ0) is 15.0. The minimum Gasteiger partial charge on any atom is -0.508 e. The van der Waals surface area contributed by atoms with Crippen LogP contribution < -0.4 is 0 Å². The second kappa shape index (κ2) is 5.36. The molecular weight excluding hydrogens is 264 g/mol. The van der Waals surface area contributed by atoms with Crippen LogP contribution in [-0.4, -0.2) is 16.2 Å². The number of rotatable bonds is 2. The molecule has 0 spiro atoms. The van der Waals surface area contributed by atoms with Gasteiger partial charge in [0, 0.05) is 5.56 Å². The van der Waals surface area contributed by atoms with Crippen LogP contribution in [0.1, 0.15) is 67.2 Å². The molecule has 0 heterocycles. The molecule has 0 atom stereocenters. The van der Waals surface area contributed by atoms with Crippen molar-refractivity contribution < 1.29 is 15.0 Å². The van der Waals surface area contributed by atoms with E-state index in [9.17, 15) is 15.0 Å². The fourth-order valence-electron chi connectivity index (χ4n) is 4.40. The van der Waals surface area contributed by atoms with Gasteiger partial charge in [0.25, 0.3) is 0 Å². The molecule has 0 bridgehead atoms. The molecule has 0 radical (unpaired) electrons. The third kappa shape index (κ3) is 2.23. The van der Waals surface area contributed by atoms with Gasteiger partial charge in [-0.05, 0) is 68.2 Å². The number of fused-ring (bicyclic) bond motifs is 1. The van der Waals surface area contributed by atoms with Gasteiger partial charge in [-0.1, -0.05) is 19.3 Å². The van der Waals surface area contributed by atoms with Crippen LogP contribution in [0.5, 0.6) is 5.75 Å². The summed E-state index contributed by atoms with van der Waals surface area (Å²) in [6, 6.07) is 1.79. The molecule has 1 aromatic carbocycles. The van der Waals surface area contributed by atoms with Gasteiger partial charge in [0.2, 0.25) is 0 Å². The van der Waals surface area contributed by atoms with Gasteiger partial charge >= 0.3 is 5.97 Å².